The van der Waals surface area contributed by atoms with Crippen LogP contribution < -0.4 is 15.2 Å². The van der Waals surface area contributed by atoms with E-state index in [0.717, 1.165) is 11.2 Å². The van der Waals surface area contributed by atoms with Crippen molar-refractivity contribution in [2.24, 2.45) is 5.41 Å². The van der Waals surface area contributed by atoms with Gasteiger partial charge in [-0.1, -0.05) is 41.5 Å². The summed E-state index contributed by atoms with van der Waals surface area (Å²) in [6.07, 6.45) is 0. The first-order valence-electron chi connectivity index (χ1n) is 10.8. The van der Waals surface area contributed by atoms with Crippen molar-refractivity contribution in [3.05, 3.63) is 18.2 Å². The van der Waals surface area contributed by atoms with E-state index in [9.17, 15) is 4.79 Å². The maximum absolute atomic E-state index is 12.7. The Labute approximate surface area is 184 Å². The van der Waals surface area contributed by atoms with Gasteiger partial charge < -0.3 is 19.1 Å². The standard InChI is InChI=1S/C23H40BNO4Si/c1-20(2,3)19(26)25-18-14-13-16(27-30(11,12)21(4,5)6)15-17(18)24-28-22(7,8)23(9,10)29-24/h13-15H,1-12H3,(H,25,26). The Kier molecular flexibility index (Phi) is 6.39. The van der Waals surface area contributed by atoms with Crippen LogP contribution in [-0.4, -0.2) is 32.5 Å². The number of anilines is 1. The summed E-state index contributed by atoms with van der Waals surface area (Å²) >= 11 is 0. The number of benzene rings is 1. The van der Waals surface area contributed by atoms with Gasteiger partial charge in [0.25, 0.3) is 0 Å². The largest absolute Gasteiger partial charge is 0.544 e. The fourth-order valence-electron chi connectivity index (χ4n) is 2.64. The molecule has 0 saturated carbocycles. The van der Waals surface area contributed by atoms with E-state index in [4.69, 9.17) is 13.7 Å². The Morgan fingerprint density at radius 2 is 1.50 bits per heavy atom. The molecule has 1 aromatic rings. The van der Waals surface area contributed by atoms with Gasteiger partial charge in [-0.25, -0.2) is 0 Å². The van der Waals surface area contributed by atoms with Gasteiger partial charge in [0.05, 0.1) is 11.2 Å². The fourth-order valence-corrected chi connectivity index (χ4v) is 3.66. The molecular formula is C23H40BNO4Si. The van der Waals surface area contributed by atoms with Crippen LogP contribution in [-0.2, 0) is 14.1 Å². The van der Waals surface area contributed by atoms with E-state index in [1.807, 2.05) is 66.7 Å². The van der Waals surface area contributed by atoms with E-state index >= 15 is 0 Å². The van der Waals surface area contributed by atoms with Crippen LogP contribution >= 0.6 is 0 Å². The van der Waals surface area contributed by atoms with E-state index in [1.54, 1.807) is 0 Å². The van der Waals surface area contributed by atoms with Crippen molar-refractivity contribution in [1.29, 1.82) is 0 Å². The second-order valence-electron chi connectivity index (χ2n) is 11.9. The van der Waals surface area contributed by atoms with Gasteiger partial charge >= 0.3 is 7.12 Å². The predicted octanol–water partition coefficient (Wildman–Crippen LogP) is 5.35. The molecule has 1 saturated heterocycles. The molecule has 0 spiro atoms. The van der Waals surface area contributed by atoms with Crippen LogP contribution in [0.15, 0.2) is 18.2 Å². The SMILES string of the molecule is CC(C)(C)C(=O)Nc1ccc(O[Si](C)(C)C(C)(C)C)cc1B1OC(C)(C)C(C)(C)O1. The van der Waals surface area contributed by atoms with Crippen LogP contribution in [0.4, 0.5) is 5.69 Å². The Balaban J connectivity index is 2.48. The van der Waals surface area contributed by atoms with E-state index < -0.39 is 32.1 Å². The van der Waals surface area contributed by atoms with Gasteiger partial charge in [-0.3, -0.25) is 4.79 Å². The van der Waals surface area contributed by atoms with Crippen LogP contribution in [0, 0.1) is 5.41 Å². The van der Waals surface area contributed by atoms with E-state index in [0.29, 0.717) is 5.69 Å². The van der Waals surface area contributed by atoms with E-state index in [2.05, 4.69) is 39.2 Å². The lowest BCUT2D eigenvalue weighted by Crippen LogP contribution is -2.44. The van der Waals surface area contributed by atoms with Gasteiger partial charge in [-0.2, -0.15) is 0 Å². The summed E-state index contributed by atoms with van der Waals surface area (Å²) in [5, 5.41) is 3.14. The predicted molar refractivity (Wildman–Crippen MR) is 128 cm³/mol. The molecule has 0 aliphatic carbocycles. The normalized spacial score (nSPS) is 19.0. The van der Waals surface area contributed by atoms with Crippen LogP contribution in [0.2, 0.25) is 18.1 Å². The zero-order valence-corrected chi connectivity index (χ0v) is 21.9. The van der Waals surface area contributed by atoms with Crippen molar-refractivity contribution in [2.75, 3.05) is 5.32 Å². The number of carbonyl (C=O) groups excluding carboxylic acids is 1. The molecule has 0 unspecified atom stereocenters. The number of hydrogen-bond acceptors (Lipinski definition) is 4. The fraction of sp³-hybridized carbons (Fsp3) is 0.696. The number of carbonyl (C=O) groups is 1. The highest BCUT2D eigenvalue weighted by molar-refractivity contribution is 6.74. The van der Waals surface area contributed by atoms with Crippen LogP contribution in [0.5, 0.6) is 5.75 Å². The first-order valence-corrected chi connectivity index (χ1v) is 13.7. The van der Waals surface area contributed by atoms with Crippen molar-refractivity contribution < 1.29 is 18.5 Å². The monoisotopic (exact) mass is 433 g/mol. The Morgan fingerprint density at radius 1 is 1.00 bits per heavy atom. The number of hydrogen-bond donors (Lipinski definition) is 1. The van der Waals surface area contributed by atoms with Crippen molar-refractivity contribution >= 4 is 32.5 Å². The maximum Gasteiger partial charge on any atom is 0.497 e. The molecule has 7 heteroatoms. The van der Waals surface area contributed by atoms with Crippen LogP contribution in [0.1, 0.15) is 69.2 Å². The molecule has 1 aromatic carbocycles. The molecule has 1 aliphatic heterocycles. The summed E-state index contributed by atoms with van der Waals surface area (Å²) in [6, 6.07) is 5.78. The summed E-state index contributed by atoms with van der Waals surface area (Å²) in [7, 11) is -2.60. The van der Waals surface area contributed by atoms with Crippen molar-refractivity contribution in [2.45, 2.75) is 98.6 Å². The van der Waals surface area contributed by atoms with Gasteiger partial charge in [0, 0.05) is 16.6 Å². The highest BCUT2D eigenvalue weighted by Crippen LogP contribution is 2.39. The second kappa shape index (κ2) is 7.68. The first-order chi connectivity index (χ1) is 13.3. The third-order valence-electron chi connectivity index (χ3n) is 6.64. The molecule has 0 aromatic heterocycles. The number of rotatable bonds is 4. The Hall–Kier alpha value is -1.31. The molecule has 1 N–H and O–H groups in total. The first kappa shape index (κ1) is 25.0. The van der Waals surface area contributed by atoms with Gasteiger partial charge in [0.2, 0.25) is 14.2 Å². The third kappa shape index (κ3) is 5.11. The topological polar surface area (TPSA) is 56.8 Å². The summed E-state index contributed by atoms with van der Waals surface area (Å²) in [5.41, 5.74) is 0.0145. The minimum atomic E-state index is -2.01. The molecule has 168 valence electrons. The molecule has 1 heterocycles. The van der Waals surface area contributed by atoms with Crippen molar-refractivity contribution in [3.8, 4) is 5.75 Å². The number of amides is 1. The zero-order chi connectivity index (χ0) is 23.3. The zero-order valence-electron chi connectivity index (χ0n) is 20.9. The lowest BCUT2D eigenvalue weighted by molar-refractivity contribution is -0.123. The van der Waals surface area contributed by atoms with Crippen LogP contribution in [0.25, 0.3) is 0 Å². The molecule has 0 radical (unpaired) electrons. The highest BCUT2D eigenvalue weighted by Gasteiger charge is 2.52. The minimum absolute atomic E-state index is 0.0571. The molecule has 1 aliphatic rings. The molecule has 0 bridgehead atoms. The highest BCUT2D eigenvalue weighted by atomic mass is 28.4. The summed E-state index contributed by atoms with van der Waals surface area (Å²) in [4.78, 5) is 12.7. The Bertz CT molecular complexity index is 790. The second-order valence-corrected chi connectivity index (χ2v) is 16.6. The van der Waals surface area contributed by atoms with E-state index in [-0.39, 0.29) is 10.9 Å². The minimum Gasteiger partial charge on any atom is -0.544 e. The molecule has 1 fully saturated rings. The summed E-state index contributed by atoms with van der Waals surface area (Å²) in [5.74, 6) is 0.721. The lowest BCUT2D eigenvalue weighted by Gasteiger charge is -2.36. The van der Waals surface area contributed by atoms with Gasteiger partial charge in [0.15, 0.2) is 0 Å². The summed E-state index contributed by atoms with van der Waals surface area (Å²) < 4.78 is 19.1. The van der Waals surface area contributed by atoms with E-state index in [1.165, 1.54) is 0 Å². The molecule has 2 rings (SSSR count). The Morgan fingerprint density at radius 3 is 1.93 bits per heavy atom. The molecule has 1 amide bonds. The quantitative estimate of drug-likeness (QED) is 0.650. The average molecular weight is 433 g/mol. The smallest absolute Gasteiger partial charge is 0.497 e. The average Bonchev–Trinajstić information content (AvgIpc) is 2.74. The molecule has 5 nitrogen and oxygen atoms in total. The van der Waals surface area contributed by atoms with Gasteiger partial charge in [-0.15, -0.1) is 0 Å². The maximum atomic E-state index is 12.7. The molecule has 0 atom stereocenters. The van der Waals surface area contributed by atoms with Gasteiger partial charge in [-0.05, 0) is 64.0 Å². The van der Waals surface area contributed by atoms with Gasteiger partial charge in [0.1, 0.15) is 5.75 Å². The lowest BCUT2D eigenvalue weighted by atomic mass is 9.77. The molecular weight excluding hydrogens is 393 g/mol. The summed E-state index contributed by atoms with van der Waals surface area (Å²) in [6.45, 7) is 24.9. The van der Waals surface area contributed by atoms with Crippen molar-refractivity contribution in [3.63, 3.8) is 0 Å². The molecule has 30 heavy (non-hydrogen) atoms. The van der Waals surface area contributed by atoms with Crippen LogP contribution in [0.3, 0.4) is 0 Å². The number of nitrogens with one attached hydrogen (secondary N) is 1. The third-order valence-corrected chi connectivity index (χ3v) is 11.0. The van der Waals surface area contributed by atoms with Crippen molar-refractivity contribution in [1.82, 2.24) is 0 Å².